The third kappa shape index (κ3) is 1.69. The molecule has 28 heavy (non-hydrogen) atoms. The summed E-state index contributed by atoms with van der Waals surface area (Å²) in [5, 5.41) is 6.16. The van der Waals surface area contributed by atoms with Gasteiger partial charge in [0.15, 0.2) is 0 Å². The number of para-hydroxylation sites is 2. The average molecular weight is 375 g/mol. The molecule has 0 radical (unpaired) electrons. The molecule has 0 bridgehead atoms. The fourth-order valence-corrected chi connectivity index (χ4v) is 5.69. The molecule has 0 fully saturated rings. The Morgan fingerprint density at radius 3 is 2.57 bits per heavy atom. The average Bonchev–Trinajstić information content (AvgIpc) is 3.32. The van der Waals surface area contributed by atoms with Gasteiger partial charge < -0.3 is 0 Å². The lowest BCUT2D eigenvalue weighted by atomic mass is 10.0. The molecule has 0 spiro atoms. The minimum absolute atomic E-state index is 0.974. The molecule has 0 saturated carbocycles. The van der Waals surface area contributed by atoms with Gasteiger partial charge in [0.25, 0.3) is 0 Å². The monoisotopic (exact) mass is 375 g/mol. The van der Waals surface area contributed by atoms with Crippen LogP contribution in [0.1, 0.15) is 0 Å². The molecule has 0 aliphatic heterocycles. The summed E-state index contributed by atoms with van der Waals surface area (Å²) in [5.74, 6) is 0. The maximum Gasteiger partial charge on any atom is 0.147 e. The highest BCUT2D eigenvalue weighted by molar-refractivity contribution is 7.26. The van der Waals surface area contributed by atoms with E-state index in [4.69, 9.17) is 4.98 Å². The molecule has 7 aromatic rings. The van der Waals surface area contributed by atoms with Crippen molar-refractivity contribution >= 4 is 69.9 Å². The van der Waals surface area contributed by atoms with Crippen LogP contribution in [0.4, 0.5) is 0 Å². The van der Waals surface area contributed by atoms with Crippen molar-refractivity contribution in [2.45, 2.75) is 0 Å². The van der Waals surface area contributed by atoms with E-state index in [0.29, 0.717) is 0 Å². The first-order chi connectivity index (χ1) is 13.9. The lowest BCUT2D eigenvalue weighted by Crippen LogP contribution is -1.92. The van der Waals surface area contributed by atoms with Gasteiger partial charge in [0, 0.05) is 38.6 Å². The zero-order valence-corrected chi connectivity index (χ0v) is 15.6. The molecule has 0 aliphatic carbocycles. The first kappa shape index (κ1) is 14.5. The number of pyridine rings is 2. The van der Waals surface area contributed by atoms with Gasteiger partial charge in [0.05, 0.1) is 21.3 Å². The van der Waals surface area contributed by atoms with Gasteiger partial charge in [0.1, 0.15) is 5.65 Å². The Bertz CT molecular complexity index is 1720. The Morgan fingerprint density at radius 1 is 0.714 bits per heavy atom. The van der Waals surface area contributed by atoms with Gasteiger partial charge in [-0.3, -0.25) is 9.38 Å². The van der Waals surface area contributed by atoms with Crippen LogP contribution in [0.15, 0.2) is 79.1 Å². The number of thiophene rings is 1. The summed E-state index contributed by atoms with van der Waals surface area (Å²) >= 11 is 1.86. The second-order valence-electron chi connectivity index (χ2n) is 7.12. The fraction of sp³-hybridized carbons (Fsp3) is 0. The molecule has 130 valence electrons. The first-order valence-corrected chi connectivity index (χ1v) is 10.1. The van der Waals surface area contributed by atoms with Gasteiger partial charge in [-0.05, 0) is 29.7 Å². The summed E-state index contributed by atoms with van der Waals surface area (Å²) in [5.41, 5.74) is 4.36. The molecule has 0 N–H and O–H groups in total. The third-order valence-electron chi connectivity index (χ3n) is 5.66. The molecular formula is C24H13N3S. The molecule has 0 unspecified atom stereocenters. The largest absolute Gasteiger partial charge is 0.290 e. The van der Waals surface area contributed by atoms with Crippen LogP contribution < -0.4 is 0 Å². The molecule has 4 aromatic heterocycles. The van der Waals surface area contributed by atoms with Crippen molar-refractivity contribution in [3.05, 3.63) is 79.1 Å². The van der Waals surface area contributed by atoms with Gasteiger partial charge >= 0.3 is 0 Å². The number of hydrogen-bond acceptors (Lipinski definition) is 3. The highest BCUT2D eigenvalue weighted by Gasteiger charge is 2.17. The van der Waals surface area contributed by atoms with Crippen LogP contribution in [-0.2, 0) is 0 Å². The number of imidazole rings is 1. The number of hydrogen-bond donors (Lipinski definition) is 0. The Hall–Kier alpha value is -3.50. The van der Waals surface area contributed by atoms with E-state index in [1.54, 1.807) is 0 Å². The predicted molar refractivity (Wildman–Crippen MR) is 118 cm³/mol. The topological polar surface area (TPSA) is 30.2 Å². The molecule has 4 heterocycles. The van der Waals surface area contributed by atoms with Gasteiger partial charge in [-0.2, -0.15) is 0 Å². The molecule has 0 aliphatic rings. The summed E-state index contributed by atoms with van der Waals surface area (Å²) in [6.07, 6.45) is 3.81. The molecule has 7 rings (SSSR count). The second-order valence-corrected chi connectivity index (χ2v) is 8.17. The predicted octanol–water partition coefficient (Wildman–Crippen LogP) is 6.56. The lowest BCUT2D eigenvalue weighted by Gasteiger charge is -2.09. The van der Waals surface area contributed by atoms with Gasteiger partial charge in [-0.15, -0.1) is 11.3 Å². The van der Waals surface area contributed by atoms with Crippen LogP contribution >= 0.6 is 11.3 Å². The van der Waals surface area contributed by atoms with E-state index >= 15 is 0 Å². The SMILES string of the molecule is c1ccc2c(c1)nc1c3cnccc3c3ccc4c5ccccc5sc4c3n21. The summed E-state index contributed by atoms with van der Waals surface area (Å²) in [6.45, 7) is 0. The molecular weight excluding hydrogens is 362 g/mol. The van der Waals surface area contributed by atoms with Crippen LogP contribution in [0.3, 0.4) is 0 Å². The molecule has 0 saturated heterocycles. The van der Waals surface area contributed by atoms with Crippen molar-refractivity contribution in [2.24, 2.45) is 0 Å². The van der Waals surface area contributed by atoms with E-state index in [1.165, 1.54) is 36.5 Å². The van der Waals surface area contributed by atoms with Crippen molar-refractivity contribution in [1.29, 1.82) is 0 Å². The van der Waals surface area contributed by atoms with E-state index in [-0.39, 0.29) is 0 Å². The van der Waals surface area contributed by atoms with E-state index < -0.39 is 0 Å². The van der Waals surface area contributed by atoms with Crippen molar-refractivity contribution in [1.82, 2.24) is 14.4 Å². The highest BCUT2D eigenvalue weighted by Crippen LogP contribution is 2.41. The molecule has 0 atom stereocenters. The zero-order chi connectivity index (χ0) is 18.2. The van der Waals surface area contributed by atoms with E-state index in [1.807, 2.05) is 29.8 Å². The summed E-state index contributed by atoms with van der Waals surface area (Å²) in [7, 11) is 0. The maximum absolute atomic E-state index is 4.98. The zero-order valence-electron chi connectivity index (χ0n) is 14.8. The molecule has 4 heteroatoms. The first-order valence-electron chi connectivity index (χ1n) is 9.27. The standard InChI is InChI=1S/C24H13N3S/c1-4-8-21-15(5-1)17-10-9-16-14-11-12-25-13-18(14)24-26-19-6-2-3-7-20(19)27(24)22(16)23(17)28-21/h1-13H. The van der Waals surface area contributed by atoms with E-state index in [9.17, 15) is 0 Å². The Labute approximate surface area is 163 Å². The quantitative estimate of drug-likeness (QED) is 0.281. The van der Waals surface area contributed by atoms with Crippen LogP contribution in [0.5, 0.6) is 0 Å². The minimum atomic E-state index is 0.974. The van der Waals surface area contributed by atoms with Gasteiger partial charge in [-0.1, -0.05) is 42.5 Å². The van der Waals surface area contributed by atoms with Crippen LogP contribution in [0.2, 0.25) is 0 Å². The van der Waals surface area contributed by atoms with Crippen molar-refractivity contribution in [2.75, 3.05) is 0 Å². The minimum Gasteiger partial charge on any atom is -0.290 e. The van der Waals surface area contributed by atoms with Crippen LogP contribution in [0, 0.1) is 0 Å². The Kier molecular flexibility index (Phi) is 2.63. The van der Waals surface area contributed by atoms with Crippen molar-refractivity contribution in [3.8, 4) is 0 Å². The van der Waals surface area contributed by atoms with E-state index in [0.717, 1.165) is 22.1 Å². The second kappa shape index (κ2) is 5.06. The maximum atomic E-state index is 4.98. The third-order valence-corrected chi connectivity index (χ3v) is 6.85. The smallest absolute Gasteiger partial charge is 0.147 e. The normalized spacial score (nSPS) is 12.3. The summed E-state index contributed by atoms with van der Waals surface area (Å²) in [6, 6.07) is 23.7. The van der Waals surface area contributed by atoms with E-state index in [2.05, 4.69) is 70.0 Å². The fourth-order valence-electron chi connectivity index (χ4n) is 4.45. The van der Waals surface area contributed by atoms with Gasteiger partial charge in [-0.25, -0.2) is 4.98 Å². The molecule has 3 nitrogen and oxygen atoms in total. The number of nitrogens with zero attached hydrogens (tertiary/aromatic N) is 3. The van der Waals surface area contributed by atoms with Crippen LogP contribution in [0.25, 0.3) is 58.5 Å². The number of fused-ring (bicyclic) bond motifs is 12. The van der Waals surface area contributed by atoms with Crippen molar-refractivity contribution < 1.29 is 0 Å². The molecule has 0 amide bonds. The molecule has 3 aromatic carbocycles. The lowest BCUT2D eigenvalue weighted by molar-refractivity contribution is 1.31. The number of aromatic nitrogens is 3. The van der Waals surface area contributed by atoms with Gasteiger partial charge in [0.2, 0.25) is 0 Å². The van der Waals surface area contributed by atoms with Crippen molar-refractivity contribution in [3.63, 3.8) is 0 Å². The summed E-state index contributed by atoms with van der Waals surface area (Å²) in [4.78, 5) is 9.37. The highest BCUT2D eigenvalue weighted by atomic mass is 32.1. The Morgan fingerprint density at radius 2 is 1.57 bits per heavy atom. The number of rotatable bonds is 0. The Balaban J connectivity index is 1.91. The number of benzene rings is 3. The van der Waals surface area contributed by atoms with Crippen LogP contribution in [-0.4, -0.2) is 14.4 Å². The summed E-state index contributed by atoms with van der Waals surface area (Å²) < 4.78 is 4.95.